The van der Waals surface area contributed by atoms with Gasteiger partial charge in [-0.05, 0) is 24.3 Å². The number of thioether (sulfide) groups is 1. The molecule has 12 heteroatoms. The van der Waals surface area contributed by atoms with Crippen molar-refractivity contribution < 1.29 is 29.3 Å². The van der Waals surface area contributed by atoms with Gasteiger partial charge in [0.25, 0.3) is 5.91 Å². The van der Waals surface area contributed by atoms with E-state index in [9.17, 15) is 24.6 Å². The number of hydrogen-bond donors (Lipinski definition) is 3. The Balaban J connectivity index is 1.74. The van der Waals surface area contributed by atoms with Gasteiger partial charge >= 0.3 is 5.97 Å². The van der Waals surface area contributed by atoms with Crippen molar-refractivity contribution in [3.8, 4) is 11.5 Å². The van der Waals surface area contributed by atoms with E-state index in [1.54, 1.807) is 0 Å². The first kappa shape index (κ1) is 20.8. The third-order valence-electron chi connectivity index (χ3n) is 4.14. The number of hydrogen-bond acceptors (Lipinski definition) is 7. The number of carboxylic acid groups (broad SMARTS) is 1. The molecule has 0 saturated carbocycles. The molecule has 0 spiro atoms. The van der Waals surface area contributed by atoms with Crippen molar-refractivity contribution in [1.29, 1.82) is 0 Å². The number of carbonyl (C=O) groups is 3. The number of rotatable bonds is 6. The summed E-state index contributed by atoms with van der Waals surface area (Å²) in [6.07, 6.45) is 0. The number of aromatic hydroxyl groups is 1. The second-order valence-electron chi connectivity index (χ2n) is 6.15. The number of phenols is 1. The van der Waals surface area contributed by atoms with Gasteiger partial charge in [-0.2, -0.15) is 5.10 Å². The first-order chi connectivity index (χ1) is 13.7. The fourth-order valence-corrected chi connectivity index (χ4v) is 4.44. The predicted molar refractivity (Wildman–Crippen MR) is 105 cm³/mol. The van der Waals surface area contributed by atoms with Gasteiger partial charge in [-0.25, -0.2) is 9.80 Å². The van der Waals surface area contributed by atoms with Crippen LogP contribution in [0.15, 0.2) is 40.1 Å². The zero-order valence-corrected chi connectivity index (χ0v) is 16.7. The number of nitrogens with two attached hydrogens (primary N) is 1. The van der Waals surface area contributed by atoms with Crippen LogP contribution in [-0.2, 0) is 14.4 Å². The van der Waals surface area contributed by atoms with Gasteiger partial charge in [0.15, 0.2) is 11.9 Å². The summed E-state index contributed by atoms with van der Waals surface area (Å²) in [6.45, 7) is 1.06. The van der Waals surface area contributed by atoms with Crippen LogP contribution >= 0.6 is 23.4 Å². The molecular weight excluding hydrogens is 424 g/mol. The summed E-state index contributed by atoms with van der Waals surface area (Å²) in [5.74, 6) is -1.82. The van der Waals surface area contributed by atoms with Crippen LogP contribution in [0.4, 0.5) is 0 Å². The monoisotopic (exact) mass is 440 g/mol. The Bertz CT molecular complexity index is 919. The molecule has 2 heterocycles. The minimum absolute atomic E-state index is 0.0604. The molecule has 0 aliphatic carbocycles. The zero-order chi connectivity index (χ0) is 21.3. The molecule has 2 atom stereocenters. The SMILES string of the molecule is CC(=O)N(N=C(N)COc1ccc(O)cc1)C1C(=O)N2C(C(=O)O)=C(Cl)CS[C@H]12. The standard InChI is InChI=1S/C17H17ClN4O6S/c1-8(23)22(20-12(19)6-28-10-4-2-9(24)3-5-10)14-15(25)21-13(17(26)27)11(18)7-29-16(14)21/h2-5,14,16,24H,6-7H2,1H3,(H2,19,20)(H,26,27)/t14?,16-/m1/s1. The van der Waals surface area contributed by atoms with Crippen LogP contribution in [0.3, 0.4) is 0 Å². The highest BCUT2D eigenvalue weighted by Crippen LogP contribution is 2.43. The molecule has 2 amide bonds. The number of amides is 2. The number of halogens is 1. The van der Waals surface area contributed by atoms with Crippen molar-refractivity contribution in [3.05, 3.63) is 35.0 Å². The van der Waals surface area contributed by atoms with Gasteiger partial charge in [0, 0.05) is 12.7 Å². The Morgan fingerprint density at radius 3 is 2.66 bits per heavy atom. The fraction of sp³-hybridized carbons (Fsp3) is 0.294. The van der Waals surface area contributed by atoms with E-state index >= 15 is 0 Å². The number of benzene rings is 1. The Labute approximate surface area is 174 Å². The molecule has 1 saturated heterocycles. The lowest BCUT2D eigenvalue weighted by Crippen LogP contribution is -2.70. The van der Waals surface area contributed by atoms with Gasteiger partial charge in [0.2, 0.25) is 5.91 Å². The Hall–Kier alpha value is -2.92. The number of amidine groups is 1. The summed E-state index contributed by atoms with van der Waals surface area (Å²) in [5, 5.41) is 23.0. The number of carbonyl (C=O) groups excluding carboxylic acids is 2. The fourth-order valence-electron chi connectivity index (χ4n) is 2.85. The van der Waals surface area contributed by atoms with E-state index in [0.29, 0.717) is 5.75 Å². The number of hydrazone groups is 1. The van der Waals surface area contributed by atoms with Crippen LogP contribution in [0.1, 0.15) is 6.92 Å². The molecule has 154 valence electrons. The number of carboxylic acids is 1. The second kappa shape index (κ2) is 8.21. The lowest BCUT2D eigenvalue weighted by molar-refractivity contribution is -0.159. The van der Waals surface area contributed by atoms with E-state index in [4.69, 9.17) is 22.1 Å². The van der Waals surface area contributed by atoms with Gasteiger partial charge < -0.3 is 20.7 Å². The number of nitrogens with zero attached hydrogens (tertiary/aromatic N) is 3. The van der Waals surface area contributed by atoms with Crippen molar-refractivity contribution in [1.82, 2.24) is 9.91 Å². The van der Waals surface area contributed by atoms with E-state index in [2.05, 4.69) is 5.10 Å². The topological polar surface area (TPSA) is 146 Å². The molecule has 29 heavy (non-hydrogen) atoms. The van der Waals surface area contributed by atoms with Crippen LogP contribution in [0.25, 0.3) is 0 Å². The lowest BCUT2D eigenvalue weighted by Gasteiger charge is -2.50. The molecule has 1 unspecified atom stereocenters. The molecule has 2 aliphatic rings. The molecule has 1 aromatic carbocycles. The summed E-state index contributed by atoms with van der Waals surface area (Å²) in [4.78, 5) is 37.2. The molecule has 3 rings (SSSR count). The molecule has 0 radical (unpaired) electrons. The summed E-state index contributed by atoms with van der Waals surface area (Å²) >= 11 is 7.18. The Morgan fingerprint density at radius 2 is 2.07 bits per heavy atom. The highest BCUT2D eigenvalue weighted by molar-refractivity contribution is 8.00. The molecular formula is C17H17ClN4O6S. The maximum atomic E-state index is 12.6. The van der Waals surface area contributed by atoms with Crippen molar-refractivity contribution in [2.75, 3.05) is 12.4 Å². The van der Waals surface area contributed by atoms with Crippen molar-refractivity contribution >= 4 is 47.0 Å². The van der Waals surface area contributed by atoms with E-state index in [1.807, 2.05) is 0 Å². The van der Waals surface area contributed by atoms with Crippen LogP contribution < -0.4 is 10.5 Å². The van der Waals surface area contributed by atoms with Gasteiger partial charge in [0.05, 0.1) is 5.03 Å². The lowest BCUT2D eigenvalue weighted by atomic mass is 10.0. The quantitative estimate of drug-likeness (QED) is 0.254. The molecule has 0 bridgehead atoms. The highest BCUT2D eigenvalue weighted by atomic mass is 35.5. The molecule has 1 fully saturated rings. The average molecular weight is 441 g/mol. The van der Waals surface area contributed by atoms with E-state index in [0.717, 1.165) is 9.91 Å². The summed E-state index contributed by atoms with van der Waals surface area (Å²) in [7, 11) is 0. The van der Waals surface area contributed by atoms with Crippen molar-refractivity contribution in [3.63, 3.8) is 0 Å². The first-order valence-electron chi connectivity index (χ1n) is 8.32. The van der Waals surface area contributed by atoms with Crippen LogP contribution in [0.5, 0.6) is 11.5 Å². The average Bonchev–Trinajstić information content (AvgIpc) is 2.66. The predicted octanol–water partition coefficient (Wildman–Crippen LogP) is 0.710. The largest absolute Gasteiger partial charge is 0.508 e. The summed E-state index contributed by atoms with van der Waals surface area (Å²) in [6, 6.07) is 4.93. The number of β-lactam (4-membered cyclic amide) rings is 1. The Morgan fingerprint density at radius 1 is 1.41 bits per heavy atom. The molecule has 4 N–H and O–H groups in total. The number of fused-ring (bicyclic) bond motifs is 1. The van der Waals surface area contributed by atoms with Crippen LogP contribution in [0, 0.1) is 0 Å². The molecule has 10 nitrogen and oxygen atoms in total. The number of aliphatic carboxylic acids is 1. The minimum Gasteiger partial charge on any atom is -0.508 e. The van der Waals surface area contributed by atoms with Gasteiger partial charge in [0.1, 0.15) is 29.2 Å². The maximum absolute atomic E-state index is 12.6. The van der Waals surface area contributed by atoms with E-state index in [1.165, 1.54) is 43.0 Å². The highest BCUT2D eigenvalue weighted by Gasteiger charge is 2.57. The van der Waals surface area contributed by atoms with Crippen LogP contribution in [0.2, 0.25) is 0 Å². The number of ether oxygens (including phenoxy) is 1. The third-order valence-corrected chi connectivity index (χ3v) is 5.88. The van der Waals surface area contributed by atoms with E-state index in [-0.39, 0.29) is 34.7 Å². The summed E-state index contributed by atoms with van der Waals surface area (Å²) < 4.78 is 5.42. The van der Waals surface area contributed by atoms with E-state index < -0.39 is 29.2 Å². The second-order valence-corrected chi connectivity index (χ2v) is 7.71. The number of phenolic OH excluding ortho intramolecular Hbond substituents is 1. The third kappa shape index (κ3) is 4.10. The van der Waals surface area contributed by atoms with Gasteiger partial charge in [-0.15, -0.1) is 11.8 Å². The van der Waals surface area contributed by atoms with Gasteiger partial charge in [-0.3, -0.25) is 14.5 Å². The van der Waals surface area contributed by atoms with Gasteiger partial charge in [-0.1, -0.05) is 11.6 Å². The molecule has 2 aliphatic heterocycles. The first-order valence-corrected chi connectivity index (χ1v) is 9.74. The van der Waals surface area contributed by atoms with Crippen molar-refractivity contribution in [2.45, 2.75) is 18.3 Å². The minimum atomic E-state index is -1.31. The van der Waals surface area contributed by atoms with Crippen molar-refractivity contribution in [2.24, 2.45) is 10.8 Å². The summed E-state index contributed by atoms with van der Waals surface area (Å²) in [5.41, 5.74) is 5.56. The zero-order valence-electron chi connectivity index (χ0n) is 15.1. The van der Waals surface area contributed by atoms with Crippen LogP contribution in [-0.4, -0.2) is 67.5 Å². The normalized spacial score (nSPS) is 21.4. The maximum Gasteiger partial charge on any atom is 0.353 e. The molecule has 1 aromatic rings. The molecule has 0 aromatic heterocycles. The smallest absolute Gasteiger partial charge is 0.353 e. The Kier molecular flexibility index (Phi) is 5.89.